The lowest BCUT2D eigenvalue weighted by Crippen LogP contribution is -2.50. The highest BCUT2D eigenvalue weighted by molar-refractivity contribution is 7.93. The maximum absolute atomic E-state index is 13.0. The fraction of sp³-hybridized carbons (Fsp3) is 0.600. The highest BCUT2D eigenvalue weighted by Gasteiger charge is 2.53. The van der Waals surface area contributed by atoms with E-state index < -0.39 is 26.6 Å². The van der Waals surface area contributed by atoms with Crippen molar-refractivity contribution in [1.82, 2.24) is 0 Å². The highest BCUT2D eigenvalue weighted by Crippen LogP contribution is 2.44. The highest BCUT2D eigenvalue weighted by atomic mass is 32.2. The van der Waals surface area contributed by atoms with Crippen LogP contribution in [0.15, 0.2) is 35.2 Å². The van der Waals surface area contributed by atoms with E-state index in [0.29, 0.717) is 12.8 Å². The normalized spacial score (nSPS) is 21.6. The molecule has 112 valence electrons. The van der Waals surface area contributed by atoms with E-state index in [-0.39, 0.29) is 11.5 Å². The van der Waals surface area contributed by atoms with Gasteiger partial charge in [-0.25, -0.2) is 8.42 Å². The molecule has 4 nitrogen and oxygen atoms in total. The molecule has 1 fully saturated rings. The Morgan fingerprint density at radius 1 is 1.20 bits per heavy atom. The third kappa shape index (κ3) is 2.38. The molecule has 2 atom stereocenters. The lowest BCUT2D eigenvalue weighted by Gasteiger charge is -2.36. The van der Waals surface area contributed by atoms with Gasteiger partial charge in [0.25, 0.3) is 0 Å². The van der Waals surface area contributed by atoms with Gasteiger partial charge < -0.3 is 10.2 Å². The van der Waals surface area contributed by atoms with Crippen molar-refractivity contribution in [3.8, 4) is 0 Å². The largest absolute Gasteiger partial charge is 0.396 e. The Bertz CT molecular complexity index is 532. The van der Waals surface area contributed by atoms with E-state index in [2.05, 4.69) is 0 Å². The summed E-state index contributed by atoms with van der Waals surface area (Å²) in [6, 6.07) is 8.30. The van der Waals surface area contributed by atoms with Crippen molar-refractivity contribution < 1.29 is 18.6 Å². The predicted octanol–water partition coefficient (Wildman–Crippen LogP) is 1.76. The summed E-state index contributed by atoms with van der Waals surface area (Å²) in [5.74, 6) is -0.452. The minimum Gasteiger partial charge on any atom is -0.396 e. The number of hydrogen-bond donors (Lipinski definition) is 2. The van der Waals surface area contributed by atoms with Gasteiger partial charge in [-0.2, -0.15) is 0 Å². The second-order valence-electron chi connectivity index (χ2n) is 5.69. The van der Waals surface area contributed by atoms with Gasteiger partial charge in [0.05, 0.1) is 11.0 Å². The molecule has 1 aliphatic rings. The van der Waals surface area contributed by atoms with Gasteiger partial charge in [0.2, 0.25) is 0 Å². The topological polar surface area (TPSA) is 74.6 Å². The van der Waals surface area contributed by atoms with Gasteiger partial charge in [-0.3, -0.25) is 0 Å². The van der Waals surface area contributed by atoms with Crippen LogP contribution < -0.4 is 0 Å². The van der Waals surface area contributed by atoms with Crippen molar-refractivity contribution in [2.75, 3.05) is 6.61 Å². The third-order valence-corrected chi connectivity index (χ3v) is 7.02. The summed E-state index contributed by atoms with van der Waals surface area (Å²) in [6.45, 7) is 1.47. The Morgan fingerprint density at radius 3 is 2.25 bits per heavy atom. The van der Waals surface area contributed by atoms with Gasteiger partial charge in [0, 0.05) is 12.5 Å². The molecule has 0 spiro atoms. The molecule has 1 aromatic carbocycles. The maximum Gasteiger partial charge on any atom is 0.186 e. The van der Waals surface area contributed by atoms with E-state index in [1.165, 1.54) is 0 Å². The molecule has 1 aromatic rings. The van der Waals surface area contributed by atoms with Crippen LogP contribution >= 0.6 is 0 Å². The van der Waals surface area contributed by atoms with Crippen molar-refractivity contribution in [2.45, 2.75) is 48.4 Å². The standard InChI is InChI=1S/C15H22O4S/c1-12(11-16)14(17)15(9-5-6-10-15)20(18,19)13-7-3-2-4-8-13/h2-4,7-8,12,14,16-17H,5-6,9-11H2,1H3/t12-,14+/m1/s1. The first-order chi connectivity index (χ1) is 9.45. The zero-order valence-electron chi connectivity index (χ0n) is 11.7. The third-order valence-electron chi connectivity index (χ3n) is 4.40. The summed E-state index contributed by atoms with van der Waals surface area (Å²) < 4.78 is 24.8. The van der Waals surface area contributed by atoms with Crippen LogP contribution in [0.1, 0.15) is 32.6 Å². The number of hydrogen-bond acceptors (Lipinski definition) is 4. The quantitative estimate of drug-likeness (QED) is 0.868. The van der Waals surface area contributed by atoms with Gasteiger partial charge in [-0.15, -0.1) is 0 Å². The van der Waals surface area contributed by atoms with Crippen molar-refractivity contribution in [1.29, 1.82) is 0 Å². The molecule has 1 saturated carbocycles. The van der Waals surface area contributed by atoms with Crippen molar-refractivity contribution in [3.63, 3.8) is 0 Å². The summed E-state index contributed by atoms with van der Waals surface area (Å²) in [5.41, 5.74) is 0. The van der Waals surface area contributed by atoms with Crippen LogP contribution in [0.25, 0.3) is 0 Å². The van der Waals surface area contributed by atoms with Gasteiger partial charge in [0.15, 0.2) is 9.84 Å². The van der Waals surface area contributed by atoms with E-state index in [1.54, 1.807) is 37.3 Å². The van der Waals surface area contributed by atoms with E-state index >= 15 is 0 Å². The van der Waals surface area contributed by atoms with Crippen LogP contribution in [-0.2, 0) is 9.84 Å². The summed E-state index contributed by atoms with van der Waals surface area (Å²) in [6.07, 6.45) is 1.45. The molecule has 1 aliphatic carbocycles. The summed E-state index contributed by atoms with van der Waals surface area (Å²) in [4.78, 5) is 0.256. The Labute approximate surface area is 120 Å². The molecule has 0 aromatic heterocycles. The first-order valence-electron chi connectivity index (χ1n) is 7.04. The zero-order chi connectivity index (χ0) is 14.8. The molecule has 0 unspecified atom stereocenters. The number of benzene rings is 1. The molecule has 0 saturated heterocycles. The zero-order valence-corrected chi connectivity index (χ0v) is 12.5. The number of sulfone groups is 1. The Hall–Kier alpha value is -0.910. The van der Waals surface area contributed by atoms with Crippen molar-refractivity contribution >= 4 is 9.84 Å². The Morgan fingerprint density at radius 2 is 1.75 bits per heavy atom. The van der Waals surface area contributed by atoms with Crippen LogP contribution in [0, 0.1) is 5.92 Å². The minimum atomic E-state index is -3.62. The van der Waals surface area contributed by atoms with E-state index in [0.717, 1.165) is 12.8 Å². The molecule has 0 heterocycles. The first-order valence-corrected chi connectivity index (χ1v) is 8.52. The second-order valence-corrected chi connectivity index (χ2v) is 7.98. The maximum atomic E-state index is 13.0. The first kappa shape index (κ1) is 15.5. The summed E-state index contributed by atoms with van der Waals surface area (Å²) in [7, 11) is -3.62. The molecule has 20 heavy (non-hydrogen) atoms. The molecule has 0 aliphatic heterocycles. The van der Waals surface area contributed by atoms with Crippen LogP contribution in [0.5, 0.6) is 0 Å². The van der Waals surface area contributed by atoms with Crippen LogP contribution in [-0.4, -0.2) is 36.1 Å². The minimum absolute atomic E-state index is 0.215. The van der Waals surface area contributed by atoms with Gasteiger partial charge >= 0.3 is 0 Å². The summed E-state index contributed by atoms with van der Waals surface area (Å²) in [5, 5.41) is 19.8. The SMILES string of the molecule is C[C@H](CO)[C@H](O)C1(S(=O)(=O)c2ccccc2)CCCC1. The second kappa shape index (κ2) is 5.84. The molecule has 2 N–H and O–H groups in total. The Balaban J connectivity index is 2.48. The van der Waals surface area contributed by atoms with Crippen LogP contribution in [0.3, 0.4) is 0 Å². The van der Waals surface area contributed by atoms with Crippen LogP contribution in [0.4, 0.5) is 0 Å². The average Bonchev–Trinajstić information content (AvgIpc) is 2.97. The number of aliphatic hydroxyl groups excluding tert-OH is 2. The molecular formula is C15H22O4S. The lowest BCUT2D eigenvalue weighted by atomic mass is 9.90. The Kier molecular flexibility index (Phi) is 4.52. The fourth-order valence-electron chi connectivity index (χ4n) is 3.15. The van der Waals surface area contributed by atoms with Gasteiger partial charge in [0.1, 0.15) is 4.75 Å². The summed E-state index contributed by atoms with van der Waals surface area (Å²) >= 11 is 0. The molecule has 0 radical (unpaired) electrons. The average molecular weight is 298 g/mol. The van der Waals surface area contributed by atoms with E-state index in [4.69, 9.17) is 0 Å². The molecule has 5 heteroatoms. The van der Waals surface area contributed by atoms with Gasteiger partial charge in [-0.1, -0.05) is 38.0 Å². The van der Waals surface area contributed by atoms with Crippen molar-refractivity contribution in [3.05, 3.63) is 30.3 Å². The van der Waals surface area contributed by atoms with Gasteiger partial charge in [-0.05, 0) is 25.0 Å². The monoisotopic (exact) mass is 298 g/mol. The van der Waals surface area contributed by atoms with E-state index in [9.17, 15) is 18.6 Å². The molecule has 2 rings (SSSR count). The number of aliphatic hydroxyl groups is 2. The molecule has 0 bridgehead atoms. The predicted molar refractivity (Wildman–Crippen MR) is 77.1 cm³/mol. The molecular weight excluding hydrogens is 276 g/mol. The smallest absolute Gasteiger partial charge is 0.186 e. The molecule has 0 amide bonds. The fourth-order valence-corrected chi connectivity index (χ4v) is 5.51. The van der Waals surface area contributed by atoms with Crippen LogP contribution in [0.2, 0.25) is 0 Å². The van der Waals surface area contributed by atoms with Crippen molar-refractivity contribution in [2.24, 2.45) is 5.92 Å². The lowest BCUT2D eigenvalue weighted by molar-refractivity contribution is 0.0436. The van der Waals surface area contributed by atoms with E-state index in [1.807, 2.05) is 0 Å². The number of rotatable bonds is 5.